The van der Waals surface area contributed by atoms with Gasteiger partial charge in [0.05, 0.1) is 6.04 Å². The van der Waals surface area contributed by atoms with E-state index in [0.717, 1.165) is 37.6 Å². The van der Waals surface area contributed by atoms with E-state index in [4.69, 9.17) is 4.74 Å². The maximum absolute atomic E-state index is 15.0. The molecule has 0 aromatic heterocycles. The molecule has 0 bridgehead atoms. The lowest BCUT2D eigenvalue weighted by molar-refractivity contribution is 0.00669. The van der Waals surface area contributed by atoms with Gasteiger partial charge in [0.15, 0.2) is 11.6 Å². The molecule has 0 spiro atoms. The molecule has 27 heavy (non-hydrogen) atoms. The van der Waals surface area contributed by atoms with Crippen LogP contribution in [0.2, 0.25) is 0 Å². The van der Waals surface area contributed by atoms with Gasteiger partial charge in [0, 0.05) is 24.1 Å². The van der Waals surface area contributed by atoms with Crippen LogP contribution in [0.5, 0.6) is 5.75 Å². The van der Waals surface area contributed by atoms with Gasteiger partial charge in [-0.2, -0.15) is 0 Å². The molecule has 2 aromatic rings. The summed E-state index contributed by atoms with van der Waals surface area (Å²) in [5, 5.41) is 9.26. The van der Waals surface area contributed by atoms with Crippen LogP contribution in [0, 0.1) is 11.6 Å². The van der Waals surface area contributed by atoms with Crippen LogP contribution in [0.4, 0.5) is 8.78 Å². The van der Waals surface area contributed by atoms with E-state index in [9.17, 15) is 9.50 Å². The van der Waals surface area contributed by atoms with Crippen LogP contribution in [0.1, 0.15) is 30.4 Å². The highest BCUT2D eigenvalue weighted by Crippen LogP contribution is 2.50. The van der Waals surface area contributed by atoms with Gasteiger partial charge in [0.25, 0.3) is 0 Å². The van der Waals surface area contributed by atoms with Gasteiger partial charge in [-0.15, -0.1) is 0 Å². The molecule has 5 heteroatoms. The molecule has 1 saturated heterocycles. The fourth-order valence-electron chi connectivity index (χ4n) is 4.92. The minimum absolute atomic E-state index is 0.0400. The molecule has 2 atom stereocenters. The van der Waals surface area contributed by atoms with Crippen molar-refractivity contribution >= 4 is 0 Å². The molecule has 1 N–H and O–H groups in total. The molecule has 144 valence electrons. The summed E-state index contributed by atoms with van der Waals surface area (Å²) in [5.41, 5.74) is 0.966. The highest BCUT2D eigenvalue weighted by Gasteiger charge is 2.52. The Hall–Kier alpha value is -1.98. The maximum Gasteiger partial charge on any atom is 0.165 e. The summed E-state index contributed by atoms with van der Waals surface area (Å²) >= 11 is 0. The Morgan fingerprint density at radius 2 is 1.89 bits per heavy atom. The first-order chi connectivity index (χ1) is 13.2. The number of fused-ring (bicyclic) bond motifs is 3. The van der Waals surface area contributed by atoms with Gasteiger partial charge in [-0.25, -0.2) is 8.78 Å². The van der Waals surface area contributed by atoms with Crippen molar-refractivity contribution < 1.29 is 18.6 Å². The van der Waals surface area contributed by atoms with E-state index >= 15 is 4.39 Å². The second-order valence-electron chi connectivity index (χ2n) is 7.60. The summed E-state index contributed by atoms with van der Waals surface area (Å²) in [6.45, 7) is 2.07. The van der Waals surface area contributed by atoms with Crippen molar-refractivity contribution in [1.82, 2.24) is 4.90 Å². The van der Waals surface area contributed by atoms with E-state index in [2.05, 4.69) is 4.90 Å². The van der Waals surface area contributed by atoms with Gasteiger partial charge in [0.1, 0.15) is 12.4 Å². The molecule has 2 aliphatic heterocycles. The van der Waals surface area contributed by atoms with Crippen LogP contribution in [-0.2, 0) is 11.8 Å². The second kappa shape index (κ2) is 7.56. The zero-order valence-electron chi connectivity index (χ0n) is 15.3. The zero-order valence-corrected chi connectivity index (χ0v) is 15.3. The Balaban J connectivity index is 1.83. The van der Waals surface area contributed by atoms with Crippen LogP contribution < -0.4 is 4.74 Å². The van der Waals surface area contributed by atoms with Crippen molar-refractivity contribution in [3.63, 3.8) is 0 Å². The second-order valence-corrected chi connectivity index (χ2v) is 7.60. The lowest BCUT2D eigenvalue weighted by Crippen LogP contribution is -2.61. The average molecular weight is 373 g/mol. The van der Waals surface area contributed by atoms with Crippen LogP contribution in [-0.4, -0.2) is 42.4 Å². The minimum Gasteiger partial charge on any atom is -0.488 e. The Morgan fingerprint density at radius 1 is 1.11 bits per heavy atom. The van der Waals surface area contributed by atoms with E-state index in [0.29, 0.717) is 25.0 Å². The number of benzene rings is 2. The van der Waals surface area contributed by atoms with Gasteiger partial charge in [-0.05, 0) is 49.9 Å². The first kappa shape index (κ1) is 18.4. The van der Waals surface area contributed by atoms with Crippen molar-refractivity contribution in [1.29, 1.82) is 0 Å². The fraction of sp³-hybridized carbons (Fsp3) is 0.455. The van der Waals surface area contributed by atoms with E-state index in [1.165, 1.54) is 6.07 Å². The highest BCUT2D eigenvalue weighted by molar-refractivity contribution is 5.47. The predicted octanol–water partition coefficient (Wildman–Crippen LogP) is 3.68. The zero-order chi connectivity index (χ0) is 18.9. The molecule has 0 unspecified atom stereocenters. The van der Waals surface area contributed by atoms with Gasteiger partial charge in [-0.3, -0.25) is 4.90 Å². The summed E-state index contributed by atoms with van der Waals surface area (Å²) in [5.74, 6) is -0.813. The lowest BCUT2D eigenvalue weighted by Gasteiger charge is -2.53. The normalized spacial score (nSPS) is 24.8. The van der Waals surface area contributed by atoms with E-state index in [-0.39, 0.29) is 18.4 Å². The van der Waals surface area contributed by atoms with Crippen molar-refractivity contribution in [2.75, 3.05) is 26.3 Å². The summed E-state index contributed by atoms with van der Waals surface area (Å²) in [6, 6.07) is 12.4. The Morgan fingerprint density at radius 3 is 2.67 bits per heavy atom. The maximum atomic E-state index is 15.0. The van der Waals surface area contributed by atoms with E-state index in [1.807, 2.05) is 30.3 Å². The summed E-state index contributed by atoms with van der Waals surface area (Å²) in [7, 11) is 0. The van der Waals surface area contributed by atoms with Crippen molar-refractivity contribution in [3.05, 3.63) is 65.2 Å². The molecule has 0 aliphatic carbocycles. The van der Waals surface area contributed by atoms with Gasteiger partial charge in [0.2, 0.25) is 0 Å². The third-order valence-corrected chi connectivity index (χ3v) is 6.05. The molecule has 1 fully saturated rings. The van der Waals surface area contributed by atoms with E-state index < -0.39 is 17.0 Å². The van der Waals surface area contributed by atoms with Crippen LogP contribution in [0.15, 0.2) is 42.5 Å². The van der Waals surface area contributed by atoms with Crippen LogP contribution >= 0.6 is 0 Å². The van der Waals surface area contributed by atoms with Crippen LogP contribution in [0.25, 0.3) is 0 Å². The number of aliphatic hydroxyl groups is 1. The number of halogens is 2. The number of rotatable bonds is 5. The molecule has 0 amide bonds. The molecule has 0 radical (unpaired) electrons. The molecule has 0 saturated carbocycles. The monoisotopic (exact) mass is 373 g/mol. The summed E-state index contributed by atoms with van der Waals surface area (Å²) in [6.07, 6.45) is 3.00. The largest absolute Gasteiger partial charge is 0.488 e. The number of hydrogen-bond donors (Lipinski definition) is 1. The quantitative estimate of drug-likeness (QED) is 0.868. The number of aliphatic hydroxyl groups excluding tert-OH is 1. The Bertz CT molecular complexity index is 798. The first-order valence-corrected chi connectivity index (χ1v) is 9.66. The number of hydrogen-bond acceptors (Lipinski definition) is 3. The molecule has 2 aromatic carbocycles. The first-order valence-electron chi connectivity index (χ1n) is 9.66. The molecule has 2 heterocycles. The standard InChI is InChI=1S/C22H25F2NO2/c23-17-8-9-18(24)21-20(17)22(14-16-6-2-1-3-7-16)10-4-11-25(12-5-13-26)19(22)15-27-21/h1-3,6-9,19,26H,4-5,10-15H2/t19-,22+/m1/s1. The average Bonchev–Trinajstić information content (AvgIpc) is 2.69. The molecule has 3 nitrogen and oxygen atoms in total. The molecular weight excluding hydrogens is 348 g/mol. The fourth-order valence-corrected chi connectivity index (χ4v) is 4.92. The predicted molar refractivity (Wildman–Crippen MR) is 100.0 cm³/mol. The molecule has 2 aliphatic rings. The van der Waals surface area contributed by atoms with Crippen molar-refractivity contribution in [2.45, 2.75) is 37.1 Å². The number of piperidine rings is 1. The molecular formula is C22H25F2NO2. The molecule has 4 rings (SSSR count). The third-order valence-electron chi connectivity index (χ3n) is 6.05. The highest BCUT2D eigenvalue weighted by atomic mass is 19.1. The third kappa shape index (κ3) is 3.23. The van der Waals surface area contributed by atoms with Crippen molar-refractivity contribution in [2.24, 2.45) is 0 Å². The number of ether oxygens (including phenoxy) is 1. The SMILES string of the molecule is OCCCN1CCC[C@@]2(Cc3ccccc3)c3c(F)ccc(F)c3OC[C@@H]12. The number of likely N-dealkylation sites (tertiary alicyclic amines) is 1. The lowest BCUT2D eigenvalue weighted by atomic mass is 9.63. The minimum atomic E-state index is -0.533. The Labute approximate surface area is 158 Å². The Kier molecular flexibility index (Phi) is 5.15. The van der Waals surface area contributed by atoms with E-state index in [1.54, 1.807) is 0 Å². The smallest absolute Gasteiger partial charge is 0.165 e. The van der Waals surface area contributed by atoms with Gasteiger partial charge >= 0.3 is 0 Å². The van der Waals surface area contributed by atoms with Gasteiger partial charge < -0.3 is 9.84 Å². The summed E-state index contributed by atoms with van der Waals surface area (Å²) in [4.78, 5) is 2.29. The van der Waals surface area contributed by atoms with Crippen molar-refractivity contribution in [3.8, 4) is 5.75 Å². The summed E-state index contributed by atoms with van der Waals surface area (Å²) < 4.78 is 35.3. The topological polar surface area (TPSA) is 32.7 Å². The number of nitrogens with zero attached hydrogens (tertiary/aromatic N) is 1. The van der Waals surface area contributed by atoms with Crippen LogP contribution in [0.3, 0.4) is 0 Å². The van der Waals surface area contributed by atoms with Gasteiger partial charge in [-0.1, -0.05) is 30.3 Å².